The van der Waals surface area contributed by atoms with Crippen LogP contribution in [0.5, 0.6) is 5.75 Å². The molecule has 112 valence electrons. The van der Waals surface area contributed by atoms with Crippen LogP contribution >= 0.6 is 0 Å². The minimum Gasteiger partial charge on any atom is -0.490 e. The van der Waals surface area contributed by atoms with Gasteiger partial charge >= 0.3 is 0 Å². The van der Waals surface area contributed by atoms with E-state index in [-0.39, 0.29) is 0 Å². The lowest BCUT2D eigenvalue weighted by Crippen LogP contribution is -2.24. The highest BCUT2D eigenvalue weighted by molar-refractivity contribution is 5.95. The normalized spacial score (nSPS) is 22.4. The second-order valence-corrected chi connectivity index (χ2v) is 6.17. The van der Waals surface area contributed by atoms with Gasteiger partial charge in [0.15, 0.2) is 0 Å². The summed E-state index contributed by atoms with van der Waals surface area (Å²) in [6.07, 6.45) is 6.45. The van der Waals surface area contributed by atoms with Crippen molar-refractivity contribution in [3.63, 3.8) is 0 Å². The van der Waals surface area contributed by atoms with Crippen LogP contribution in [0.15, 0.2) is 24.3 Å². The van der Waals surface area contributed by atoms with E-state index in [0.29, 0.717) is 6.10 Å². The number of anilines is 1. The molecule has 0 saturated heterocycles. The molecule has 1 fully saturated rings. The molecule has 0 amide bonds. The molecular formula is C18H24N2O. The first-order valence-electron chi connectivity index (χ1n) is 8.00. The van der Waals surface area contributed by atoms with Gasteiger partial charge in [0.25, 0.3) is 0 Å². The zero-order chi connectivity index (χ0) is 14.8. The second kappa shape index (κ2) is 5.92. The molecule has 0 radical (unpaired) electrons. The van der Waals surface area contributed by atoms with Crippen molar-refractivity contribution in [2.75, 3.05) is 5.73 Å². The zero-order valence-corrected chi connectivity index (χ0v) is 12.9. The maximum Gasteiger partial charge on any atom is 0.131 e. The number of aryl methyl sites for hydroxylation is 1. The number of nitrogens with two attached hydrogens (primary N) is 1. The first-order valence-corrected chi connectivity index (χ1v) is 8.00. The summed E-state index contributed by atoms with van der Waals surface area (Å²) in [7, 11) is 0. The van der Waals surface area contributed by atoms with Crippen LogP contribution < -0.4 is 10.5 Å². The molecule has 1 saturated carbocycles. The van der Waals surface area contributed by atoms with Crippen molar-refractivity contribution in [3.8, 4) is 5.75 Å². The summed E-state index contributed by atoms with van der Waals surface area (Å²) in [5.74, 6) is 1.77. The summed E-state index contributed by atoms with van der Waals surface area (Å²) in [6, 6.07) is 7.94. The van der Waals surface area contributed by atoms with Crippen LogP contribution in [0.1, 0.15) is 44.7 Å². The van der Waals surface area contributed by atoms with E-state index in [1.807, 2.05) is 31.2 Å². The van der Waals surface area contributed by atoms with Gasteiger partial charge in [-0.3, -0.25) is 4.98 Å². The van der Waals surface area contributed by atoms with Crippen LogP contribution in [0.25, 0.3) is 10.9 Å². The number of aromatic nitrogens is 1. The van der Waals surface area contributed by atoms with Gasteiger partial charge < -0.3 is 10.5 Å². The molecule has 1 aliphatic rings. The molecule has 0 spiro atoms. The Hall–Kier alpha value is -1.77. The standard InChI is InChI=1S/C18H24N2O/c1-3-13-7-9-14(10-8-13)21-17-6-4-5-16-18(17)15(19)11-12(2)20-16/h4-6,11,13-14H,3,7-10H2,1-2H3,(H2,19,20). The van der Waals surface area contributed by atoms with Gasteiger partial charge in [0.1, 0.15) is 5.75 Å². The maximum absolute atomic E-state index is 6.26. The van der Waals surface area contributed by atoms with E-state index >= 15 is 0 Å². The predicted molar refractivity (Wildman–Crippen MR) is 87.6 cm³/mol. The van der Waals surface area contributed by atoms with Gasteiger partial charge in [0, 0.05) is 11.4 Å². The lowest BCUT2D eigenvalue weighted by Gasteiger charge is -2.28. The average Bonchev–Trinajstić information content (AvgIpc) is 2.47. The van der Waals surface area contributed by atoms with Crippen molar-refractivity contribution >= 4 is 16.6 Å². The van der Waals surface area contributed by atoms with Gasteiger partial charge in [0.05, 0.1) is 17.0 Å². The summed E-state index contributed by atoms with van der Waals surface area (Å²) < 4.78 is 6.26. The van der Waals surface area contributed by atoms with E-state index in [1.165, 1.54) is 19.3 Å². The van der Waals surface area contributed by atoms with E-state index in [2.05, 4.69) is 11.9 Å². The van der Waals surface area contributed by atoms with Gasteiger partial charge in [-0.05, 0) is 56.7 Å². The molecule has 3 heteroatoms. The number of ether oxygens (including phenoxy) is 1. The molecule has 0 bridgehead atoms. The lowest BCUT2D eigenvalue weighted by atomic mass is 9.86. The van der Waals surface area contributed by atoms with E-state index < -0.39 is 0 Å². The number of rotatable bonds is 3. The van der Waals surface area contributed by atoms with E-state index in [0.717, 1.165) is 46.8 Å². The van der Waals surface area contributed by atoms with Crippen molar-refractivity contribution in [1.82, 2.24) is 4.98 Å². The molecule has 0 aliphatic heterocycles. The fraction of sp³-hybridized carbons (Fsp3) is 0.500. The summed E-state index contributed by atoms with van der Waals surface area (Å²) in [6.45, 7) is 4.25. The molecular weight excluding hydrogens is 260 g/mol. The summed E-state index contributed by atoms with van der Waals surface area (Å²) in [5, 5.41) is 0.959. The summed E-state index contributed by atoms with van der Waals surface area (Å²) in [5.41, 5.74) is 8.81. The number of nitrogens with zero attached hydrogens (tertiary/aromatic N) is 1. The van der Waals surface area contributed by atoms with Crippen LogP contribution in [0, 0.1) is 12.8 Å². The Morgan fingerprint density at radius 3 is 2.71 bits per heavy atom. The highest BCUT2D eigenvalue weighted by atomic mass is 16.5. The smallest absolute Gasteiger partial charge is 0.131 e. The van der Waals surface area contributed by atoms with E-state index in [9.17, 15) is 0 Å². The SMILES string of the molecule is CCC1CCC(Oc2cccc3nc(C)cc(N)c23)CC1. The fourth-order valence-electron chi connectivity index (χ4n) is 3.36. The maximum atomic E-state index is 6.26. The number of hydrogen-bond acceptors (Lipinski definition) is 3. The number of benzene rings is 1. The Balaban J connectivity index is 1.84. The van der Waals surface area contributed by atoms with Crippen LogP contribution in [0.4, 0.5) is 5.69 Å². The second-order valence-electron chi connectivity index (χ2n) is 6.17. The predicted octanol–water partition coefficient (Wildman–Crippen LogP) is 4.47. The highest BCUT2D eigenvalue weighted by Crippen LogP contribution is 2.34. The van der Waals surface area contributed by atoms with Crippen molar-refractivity contribution in [1.29, 1.82) is 0 Å². The third kappa shape index (κ3) is 2.97. The first-order chi connectivity index (χ1) is 10.2. The number of fused-ring (bicyclic) bond motifs is 1. The Bertz CT molecular complexity index is 630. The Morgan fingerprint density at radius 1 is 1.24 bits per heavy atom. The Labute approximate surface area is 126 Å². The molecule has 2 aromatic rings. The van der Waals surface area contributed by atoms with Crippen LogP contribution in [0.3, 0.4) is 0 Å². The number of hydrogen-bond donors (Lipinski definition) is 1. The Morgan fingerprint density at radius 2 is 2.00 bits per heavy atom. The zero-order valence-electron chi connectivity index (χ0n) is 12.9. The largest absolute Gasteiger partial charge is 0.490 e. The topological polar surface area (TPSA) is 48.1 Å². The van der Waals surface area contributed by atoms with Crippen LogP contribution in [-0.4, -0.2) is 11.1 Å². The van der Waals surface area contributed by atoms with Crippen molar-refractivity contribution in [3.05, 3.63) is 30.0 Å². The quantitative estimate of drug-likeness (QED) is 0.904. The van der Waals surface area contributed by atoms with Crippen molar-refractivity contribution < 1.29 is 4.74 Å². The first kappa shape index (κ1) is 14.2. The van der Waals surface area contributed by atoms with Crippen LogP contribution in [-0.2, 0) is 0 Å². The Kier molecular flexibility index (Phi) is 4.00. The highest BCUT2D eigenvalue weighted by Gasteiger charge is 2.22. The molecule has 1 aliphatic carbocycles. The average molecular weight is 284 g/mol. The molecule has 0 atom stereocenters. The van der Waals surface area contributed by atoms with Gasteiger partial charge in [0.2, 0.25) is 0 Å². The number of pyridine rings is 1. The fourth-order valence-corrected chi connectivity index (χ4v) is 3.36. The lowest BCUT2D eigenvalue weighted by molar-refractivity contribution is 0.131. The van der Waals surface area contributed by atoms with E-state index in [4.69, 9.17) is 10.5 Å². The molecule has 3 rings (SSSR count). The molecule has 1 aromatic carbocycles. The monoisotopic (exact) mass is 284 g/mol. The van der Waals surface area contributed by atoms with E-state index in [1.54, 1.807) is 0 Å². The van der Waals surface area contributed by atoms with Gasteiger partial charge in [-0.2, -0.15) is 0 Å². The third-order valence-electron chi connectivity index (χ3n) is 4.62. The van der Waals surface area contributed by atoms with Gasteiger partial charge in [-0.1, -0.05) is 19.4 Å². The van der Waals surface area contributed by atoms with Crippen LogP contribution in [0.2, 0.25) is 0 Å². The summed E-state index contributed by atoms with van der Waals surface area (Å²) >= 11 is 0. The van der Waals surface area contributed by atoms with Crippen molar-refractivity contribution in [2.24, 2.45) is 5.92 Å². The molecule has 2 N–H and O–H groups in total. The third-order valence-corrected chi connectivity index (χ3v) is 4.62. The molecule has 1 aromatic heterocycles. The molecule has 0 unspecified atom stereocenters. The molecule has 3 nitrogen and oxygen atoms in total. The minimum atomic E-state index is 0.319. The molecule has 1 heterocycles. The summed E-state index contributed by atoms with van der Waals surface area (Å²) in [4.78, 5) is 4.56. The molecule has 21 heavy (non-hydrogen) atoms. The van der Waals surface area contributed by atoms with Crippen molar-refractivity contribution in [2.45, 2.75) is 52.1 Å². The van der Waals surface area contributed by atoms with Gasteiger partial charge in [-0.15, -0.1) is 0 Å². The minimum absolute atomic E-state index is 0.319. The number of nitrogen functional groups attached to an aromatic ring is 1. The van der Waals surface area contributed by atoms with Gasteiger partial charge in [-0.25, -0.2) is 0 Å².